The van der Waals surface area contributed by atoms with Gasteiger partial charge in [-0.3, -0.25) is 0 Å². The fourth-order valence-electron chi connectivity index (χ4n) is 2.99. The third kappa shape index (κ3) is 5.60. The molecule has 0 aliphatic carbocycles. The van der Waals surface area contributed by atoms with Gasteiger partial charge in [0.1, 0.15) is 11.4 Å². The van der Waals surface area contributed by atoms with Crippen molar-refractivity contribution in [2.45, 2.75) is 72.0 Å². The van der Waals surface area contributed by atoms with Crippen molar-refractivity contribution in [3.8, 4) is 5.75 Å². The van der Waals surface area contributed by atoms with Crippen molar-refractivity contribution in [2.75, 3.05) is 6.61 Å². The van der Waals surface area contributed by atoms with Crippen molar-refractivity contribution in [1.29, 1.82) is 0 Å². The van der Waals surface area contributed by atoms with Gasteiger partial charge in [0.25, 0.3) is 0 Å². The first-order chi connectivity index (χ1) is 12.1. The number of aryl methyl sites for hydroxylation is 1. The molecule has 2 nitrogen and oxygen atoms in total. The maximum Gasteiger partial charge on any atom is 0.120 e. The molecule has 2 aromatic rings. The van der Waals surface area contributed by atoms with Crippen LogP contribution < -0.4 is 4.74 Å². The van der Waals surface area contributed by atoms with Crippen LogP contribution in [0.1, 0.15) is 64.7 Å². The van der Waals surface area contributed by atoms with Gasteiger partial charge in [-0.25, -0.2) is 0 Å². The molecule has 0 aliphatic heterocycles. The van der Waals surface area contributed by atoms with Crippen molar-refractivity contribution in [1.82, 2.24) is 0 Å². The minimum absolute atomic E-state index is 0.0349. The Balaban J connectivity index is 2.06. The minimum atomic E-state index is -0.247. The zero-order valence-corrected chi connectivity index (χ0v) is 17.4. The molecule has 0 unspecified atom stereocenters. The van der Waals surface area contributed by atoms with Gasteiger partial charge in [0.05, 0.1) is 12.7 Å². The van der Waals surface area contributed by atoms with Crippen molar-refractivity contribution in [3.63, 3.8) is 0 Å². The summed E-state index contributed by atoms with van der Waals surface area (Å²) in [5.74, 6) is 0.906. The van der Waals surface area contributed by atoms with Gasteiger partial charge in [0.2, 0.25) is 0 Å². The van der Waals surface area contributed by atoms with Crippen LogP contribution in [0.15, 0.2) is 48.5 Å². The molecule has 0 heterocycles. The van der Waals surface area contributed by atoms with E-state index in [1.807, 2.05) is 0 Å². The van der Waals surface area contributed by atoms with Gasteiger partial charge < -0.3 is 9.47 Å². The number of rotatable bonds is 8. The van der Waals surface area contributed by atoms with Gasteiger partial charge >= 0.3 is 0 Å². The summed E-state index contributed by atoms with van der Waals surface area (Å²) in [6, 6.07) is 17.3. The molecule has 0 bridgehead atoms. The van der Waals surface area contributed by atoms with E-state index in [1.54, 1.807) is 0 Å². The average molecular weight is 355 g/mol. The van der Waals surface area contributed by atoms with Crippen LogP contribution in [-0.2, 0) is 10.2 Å². The van der Waals surface area contributed by atoms with E-state index in [9.17, 15) is 0 Å². The molecule has 26 heavy (non-hydrogen) atoms. The monoisotopic (exact) mass is 354 g/mol. The number of ether oxygens (including phenoxy) is 2. The second-order valence-electron chi connectivity index (χ2n) is 8.55. The first kappa shape index (κ1) is 20.5. The Hall–Kier alpha value is -1.80. The highest BCUT2D eigenvalue weighted by Crippen LogP contribution is 2.33. The lowest BCUT2D eigenvalue weighted by Crippen LogP contribution is -2.30. The average Bonchev–Trinajstić information content (AvgIpc) is 2.54. The molecular weight excluding hydrogens is 320 g/mol. The number of benzene rings is 2. The lowest BCUT2D eigenvalue weighted by Gasteiger charge is -2.29. The van der Waals surface area contributed by atoms with Gasteiger partial charge in [-0.1, -0.05) is 55.8 Å². The Labute approximate surface area is 159 Å². The van der Waals surface area contributed by atoms with Crippen LogP contribution in [0.25, 0.3) is 0 Å². The zero-order chi connectivity index (χ0) is 19.4. The Morgan fingerprint density at radius 3 is 1.81 bits per heavy atom. The molecule has 0 atom stereocenters. The van der Waals surface area contributed by atoms with E-state index in [2.05, 4.69) is 97.0 Å². The van der Waals surface area contributed by atoms with Crippen molar-refractivity contribution >= 4 is 0 Å². The van der Waals surface area contributed by atoms with Crippen LogP contribution >= 0.6 is 0 Å². The second kappa shape index (κ2) is 8.26. The third-order valence-electron chi connectivity index (χ3n) is 4.90. The van der Waals surface area contributed by atoms with E-state index in [0.717, 1.165) is 12.2 Å². The van der Waals surface area contributed by atoms with Crippen LogP contribution in [0.2, 0.25) is 0 Å². The van der Waals surface area contributed by atoms with E-state index in [1.165, 1.54) is 16.7 Å². The van der Waals surface area contributed by atoms with Crippen molar-refractivity contribution in [3.05, 3.63) is 65.2 Å². The Morgan fingerprint density at radius 2 is 1.31 bits per heavy atom. The number of hydrogen-bond donors (Lipinski definition) is 0. The molecule has 0 fully saturated rings. The van der Waals surface area contributed by atoms with E-state index in [-0.39, 0.29) is 17.1 Å². The lowest BCUT2D eigenvalue weighted by molar-refractivity contribution is 0.0231. The lowest BCUT2D eigenvalue weighted by atomic mass is 9.78. The molecule has 2 rings (SSSR count). The Bertz CT molecular complexity index is 679. The van der Waals surface area contributed by atoms with E-state index < -0.39 is 0 Å². The molecule has 0 saturated carbocycles. The van der Waals surface area contributed by atoms with Gasteiger partial charge in [0.15, 0.2) is 0 Å². The smallest absolute Gasteiger partial charge is 0.120 e. The summed E-state index contributed by atoms with van der Waals surface area (Å²) >= 11 is 0. The second-order valence-corrected chi connectivity index (χ2v) is 8.55. The van der Waals surface area contributed by atoms with Gasteiger partial charge in [-0.05, 0) is 57.9 Å². The highest BCUT2D eigenvalue weighted by molar-refractivity contribution is 5.40. The van der Waals surface area contributed by atoms with Gasteiger partial charge in [0, 0.05) is 11.8 Å². The summed E-state index contributed by atoms with van der Waals surface area (Å²) in [7, 11) is 0. The molecule has 0 saturated heterocycles. The largest absolute Gasteiger partial charge is 0.488 e. The minimum Gasteiger partial charge on any atom is -0.488 e. The fraction of sp³-hybridized carbons (Fsp3) is 0.500. The summed E-state index contributed by atoms with van der Waals surface area (Å²) in [6.45, 7) is 15.7. The maximum atomic E-state index is 6.19. The van der Waals surface area contributed by atoms with Crippen LogP contribution in [0.4, 0.5) is 0 Å². The molecule has 2 heteroatoms. The predicted molar refractivity (Wildman–Crippen MR) is 110 cm³/mol. The molecule has 0 N–H and O–H groups in total. The topological polar surface area (TPSA) is 18.5 Å². The molecule has 0 amide bonds. The standard InChI is InChI=1S/C24H34O2/c1-18(2)25-17-16-23(4,5)26-22-14-12-21(13-15-22)24(6,7)20-10-8-19(3)9-11-20/h8-15,18H,16-17H2,1-7H3. The Kier molecular flexibility index (Phi) is 6.52. The summed E-state index contributed by atoms with van der Waals surface area (Å²) in [5, 5.41) is 0. The molecule has 142 valence electrons. The first-order valence-electron chi connectivity index (χ1n) is 9.58. The highest BCUT2D eigenvalue weighted by atomic mass is 16.5. The van der Waals surface area contributed by atoms with E-state index in [0.29, 0.717) is 6.61 Å². The van der Waals surface area contributed by atoms with Crippen LogP contribution in [0, 0.1) is 6.92 Å². The SMILES string of the molecule is Cc1ccc(C(C)(C)c2ccc(OC(C)(C)CCOC(C)C)cc2)cc1. The van der Waals surface area contributed by atoms with Crippen molar-refractivity contribution in [2.24, 2.45) is 0 Å². The molecular formula is C24H34O2. The fourth-order valence-corrected chi connectivity index (χ4v) is 2.99. The van der Waals surface area contributed by atoms with Gasteiger partial charge in [-0.15, -0.1) is 0 Å². The maximum absolute atomic E-state index is 6.19. The Morgan fingerprint density at radius 1 is 0.808 bits per heavy atom. The van der Waals surface area contributed by atoms with Gasteiger partial charge in [-0.2, -0.15) is 0 Å². The highest BCUT2D eigenvalue weighted by Gasteiger charge is 2.24. The summed E-state index contributed by atoms with van der Waals surface area (Å²) in [6.07, 6.45) is 1.12. The zero-order valence-electron chi connectivity index (χ0n) is 17.4. The van der Waals surface area contributed by atoms with Crippen LogP contribution in [0.5, 0.6) is 5.75 Å². The van der Waals surface area contributed by atoms with E-state index in [4.69, 9.17) is 9.47 Å². The summed E-state index contributed by atoms with van der Waals surface area (Å²) < 4.78 is 11.8. The molecule has 0 radical (unpaired) electrons. The normalized spacial score (nSPS) is 12.5. The van der Waals surface area contributed by atoms with Crippen LogP contribution in [-0.4, -0.2) is 18.3 Å². The molecule has 0 spiro atoms. The quantitative estimate of drug-likeness (QED) is 0.554. The third-order valence-corrected chi connectivity index (χ3v) is 4.90. The predicted octanol–water partition coefficient (Wildman–Crippen LogP) is 6.29. The van der Waals surface area contributed by atoms with E-state index >= 15 is 0 Å². The van der Waals surface area contributed by atoms with Crippen LogP contribution in [0.3, 0.4) is 0 Å². The van der Waals surface area contributed by atoms with Crippen molar-refractivity contribution < 1.29 is 9.47 Å². The molecule has 0 aliphatic rings. The first-order valence-corrected chi connectivity index (χ1v) is 9.58. The number of hydrogen-bond acceptors (Lipinski definition) is 2. The molecule has 2 aromatic carbocycles. The molecule has 0 aromatic heterocycles. The summed E-state index contributed by atoms with van der Waals surface area (Å²) in [4.78, 5) is 0. The summed E-state index contributed by atoms with van der Waals surface area (Å²) in [5.41, 5.74) is 3.62.